The van der Waals surface area contributed by atoms with Crippen molar-refractivity contribution in [3.8, 4) is 0 Å². The van der Waals surface area contributed by atoms with Crippen molar-refractivity contribution in [2.45, 2.75) is 25.4 Å². The maximum atomic E-state index is 13.0. The van der Waals surface area contributed by atoms with Crippen LogP contribution in [0.2, 0.25) is 0 Å². The van der Waals surface area contributed by atoms with E-state index in [1.807, 2.05) is 70.3 Å². The maximum absolute atomic E-state index is 13.0. The summed E-state index contributed by atoms with van der Waals surface area (Å²) in [6.07, 6.45) is 3.19. The number of likely N-dealkylation sites (tertiary alicyclic amines) is 1. The van der Waals surface area contributed by atoms with Crippen molar-refractivity contribution in [1.82, 2.24) is 9.47 Å². The molecule has 2 aromatic carbocycles. The van der Waals surface area contributed by atoms with E-state index in [4.69, 9.17) is 0 Å². The molecule has 1 saturated heterocycles. The molecule has 0 radical (unpaired) electrons. The Bertz CT molecular complexity index is 1210. The fraction of sp³-hybridized carbons (Fsp3) is 0.318. The highest BCUT2D eigenvalue weighted by Gasteiger charge is 2.43. The molecule has 1 amide bonds. The summed E-state index contributed by atoms with van der Waals surface area (Å²) in [5.74, 6) is 0.0663. The van der Waals surface area contributed by atoms with Gasteiger partial charge >= 0.3 is 10.2 Å². The van der Waals surface area contributed by atoms with Crippen molar-refractivity contribution >= 4 is 38.4 Å². The minimum Gasteiger partial charge on any atom is -0.341 e. The summed E-state index contributed by atoms with van der Waals surface area (Å²) in [4.78, 5) is 14.7. The van der Waals surface area contributed by atoms with E-state index in [1.54, 1.807) is 11.4 Å². The lowest BCUT2D eigenvalue weighted by Gasteiger charge is -2.37. The van der Waals surface area contributed by atoms with Gasteiger partial charge in [-0.15, -0.1) is 0 Å². The van der Waals surface area contributed by atoms with E-state index >= 15 is 0 Å². The molecule has 0 spiro atoms. The second-order valence-corrected chi connectivity index (χ2v) is 9.71. The monoisotopic (exact) mass is 424 g/mol. The molecule has 2 aliphatic heterocycles. The summed E-state index contributed by atoms with van der Waals surface area (Å²) in [7, 11) is -1.98. The SMILES string of the molecule is CN1c2ccccc2N(C2CCN(C(=O)Cn3ccc4ccccc43)CC2)S1(=O)=O. The highest BCUT2D eigenvalue weighted by molar-refractivity contribution is 7.94. The van der Waals surface area contributed by atoms with Gasteiger partial charge < -0.3 is 9.47 Å². The van der Waals surface area contributed by atoms with E-state index < -0.39 is 10.2 Å². The Kier molecular flexibility index (Phi) is 4.47. The summed E-state index contributed by atoms with van der Waals surface area (Å²) in [6.45, 7) is 1.41. The first kappa shape index (κ1) is 19.0. The first-order valence-corrected chi connectivity index (χ1v) is 11.6. The summed E-state index contributed by atoms with van der Waals surface area (Å²) < 4.78 is 30.8. The second-order valence-electron chi connectivity index (χ2n) is 7.87. The lowest BCUT2D eigenvalue weighted by atomic mass is 10.0. The van der Waals surface area contributed by atoms with Gasteiger partial charge in [-0.05, 0) is 42.5 Å². The topological polar surface area (TPSA) is 65.9 Å². The van der Waals surface area contributed by atoms with Crippen molar-refractivity contribution < 1.29 is 13.2 Å². The Morgan fingerprint density at radius 2 is 1.63 bits per heavy atom. The lowest BCUT2D eigenvalue weighted by molar-refractivity contribution is -0.132. The van der Waals surface area contributed by atoms with Crippen molar-refractivity contribution in [2.24, 2.45) is 0 Å². The first-order chi connectivity index (χ1) is 14.5. The number of fused-ring (bicyclic) bond motifs is 2. The Morgan fingerprint density at radius 1 is 0.967 bits per heavy atom. The van der Waals surface area contributed by atoms with Crippen LogP contribution in [0.5, 0.6) is 0 Å². The van der Waals surface area contributed by atoms with Gasteiger partial charge in [0.2, 0.25) is 5.91 Å². The van der Waals surface area contributed by atoms with Crippen LogP contribution in [-0.2, 0) is 21.5 Å². The molecule has 7 nitrogen and oxygen atoms in total. The number of piperidine rings is 1. The highest BCUT2D eigenvalue weighted by Crippen LogP contribution is 2.42. The molecular formula is C22H24N4O3S. The Morgan fingerprint density at radius 3 is 2.40 bits per heavy atom. The molecule has 0 unspecified atom stereocenters. The molecule has 0 atom stereocenters. The van der Waals surface area contributed by atoms with Gasteiger partial charge in [0.15, 0.2) is 0 Å². The zero-order valence-corrected chi connectivity index (χ0v) is 17.6. The van der Waals surface area contributed by atoms with Gasteiger partial charge in [0, 0.05) is 31.9 Å². The van der Waals surface area contributed by atoms with Crippen molar-refractivity contribution in [3.05, 3.63) is 60.8 Å². The standard InChI is InChI=1S/C22H24N4O3S/c1-23-20-8-4-5-9-21(20)26(30(23,28)29)18-11-14-24(15-12-18)22(27)16-25-13-10-17-6-2-3-7-19(17)25/h2-10,13,18H,11-12,14-16H2,1H3. The number of amides is 1. The number of hydrogen-bond donors (Lipinski definition) is 0. The molecule has 3 heterocycles. The summed E-state index contributed by atoms with van der Waals surface area (Å²) in [6, 6.07) is 17.3. The van der Waals surface area contributed by atoms with Crippen LogP contribution < -0.4 is 8.61 Å². The molecule has 156 valence electrons. The third-order valence-corrected chi connectivity index (χ3v) is 8.07. The first-order valence-electron chi connectivity index (χ1n) is 10.2. The van der Waals surface area contributed by atoms with Gasteiger partial charge in [0.25, 0.3) is 0 Å². The molecule has 5 rings (SSSR count). The van der Waals surface area contributed by atoms with Crippen molar-refractivity contribution in [2.75, 3.05) is 28.7 Å². The Balaban J connectivity index is 1.29. The third kappa shape index (κ3) is 2.94. The molecule has 1 aromatic heterocycles. The van der Waals surface area contributed by atoms with Crippen LogP contribution >= 0.6 is 0 Å². The molecule has 1 fully saturated rings. The van der Waals surface area contributed by atoms with Gasteiger partial charge in [-0.1, -0.05) is 30.3 Å². The van der Waals surface area contributed by atoms with Gasteiger partial charge in [-0.25, -0.2) is 4.31 Å². The largest absolute Gasteiger partial charge is 0.341 e. The quantitative estimate of drug-likeness (QED) is 0.649. The van der Waals surface area contributed by atoms with Crippen LogP contribution in [0.4, 0.5) is 11.4 Å². The molecule has 2 aliphatic rings. The number of para-hydroxylation sites is 3. The van der Waals surface area contributed by atoms with Crippen molar-refractivity contribution in [3.63, 3.8) is 0 Å². The van der Waals surface area contributed by atoms with Crippen LogP contribution in [0.25, 0.3) is 10.9 Å². The second kappa shape index (κ2) is 7.05. The molecule has 3 aromatic rings. The van der Waals surface area contributed by atoms with E-state index in [9.17, 15) is 13.2 Å². The van der Waals surface area contributed by atoms with Gasteiger partial charge in [0.05, 0.1) is 17.4 Å². The summed E-state index contributed by atoms with van der Waals surface area (Å²) >= 11 is 0. The third-order valence-electron chi connectivity index (χ3n) is 6.19. The number of nitrogens with zero attached hydrogens (tertiary/aromatic N) is 4. The number of anilines is 2. The molecule has 0 saturated carbocycles. The van der Waals surface area contributed by atoms with Crippen molar-refractivity contribution in [1.29, 1.82) is 0 Å². The molecule has 0 bridgehead atoms. The molecule has 8 heteroatoms. The van der Waals surface area contributed by atoms with Gasteiger partial charge in [0.1, 0.15) is 6.54 Å². The van der Waals surface area contributed by atoms with E-state index in [1.165, 1.54) is 4.31 Å². The molecule has 0 aliphatic carbocycles. The van der Waals surface area contributed by atoms with Crippen LogP contribution in [-0.4, -0.2) is 50.0 Å². The fourth-order valence-corrected chi connectivity index (χ4v) is 6.21. The molecule has 0 N–H and O–H groups in total. The maximum Gasteiger partial charge on any atom is 0.326 e. The molecule has 30 heavy (non-hydrogen) atoms. The normalized spacial score (nSPS) is 18.8. The number of carbonyl (C=O) groups is 1. The van der Waals surface area contributed by atoms with Gasteiger partial charge in [-0.3, -0.25) is 9.10 Å². The smallest absolute Gasteiger partial charge is 0.326 e. The minimum atomic E-state index is -3.57. The van der Waals surface area contributed by atoms with E-state index in [0.717, 1.165) is 16.6 Å². The summed E-state index contributed by atoms with van der Waals surface area (Å²) in [5.41, 5.74) is 2.47. The lowest BCUT2D eigenvalue weighted by Crippen LogP contribution is -2.50. The number of rotatable bonds is 3. The zero-order valence-electron chi connectivity index (χ0n) is 16.8. The minimum absolute atomic E-state index is 0.0663. The van der Waals surface area contributed by atoms with Crippen LogP contribution in [0.1, 0.15) is 12.8 Å². The zero-order chi connectivity index (χ0) is 20.9. The predicted molar refractivity (Wildman–Crippen MR) is 118 cm³/mol. The predicted octanol–water partition coefficient (Wildman–Crippen LogP) is 2.83. The van der Waals surface area contributed by atoms with Crippen LogP contribution in [0.3, 0.4) is 0 Å². The van der Waals surface area contributed by atoms with Crippen LogP contribution in [0.15, 0.2) is 60.8 Å². The highest BCUT2D eigenvalue weighted by atomic mass is 32.2. The summed E-state index contributed by atoms with van der Waals surface area (Å²) in [5, 5.41) is 1.12. The van der Waals surface area contributed by atoms with E-state index in [2.05, 4.69) is 0 Å². The van der Waals surface area contributed by atoms with E-state index in [0.29, 0.717) is 38.2 Å². The average Bonchev–Trinajstić information content (AvgIpc) is 3.25. The fourth-order valence-electron chi connectivity index (χ4n) is 4.56. The van der Waals surface area contributed by atoms with Crippen LogP contribution in [0, 0.1) is 0 Å². The Labute approximate surface area is 176 Å². The number of benzene rings is 2. The molecular weight excluding hydrogens is 400 g/mol. The van der Waals surface area contributed by atoms with E-state index in [-0.39, 0.29) is 11.9 Å². The number of hydrogen-bond acceptors (Lipinski definition) is 3. The number of aromatic nitrogens is 1. The number of carbonyl (C=O) groups excluding carboxylic acids is 1. The Hall–Kier alpha value is -3.00. The van der Waals surface area contributed by atoms with Gasteiger partial charge in [-0.2, -0.15) is 8.42 Å². The average molecular weight is 425 g/mol.